The summed E-state index contributed by atoms with van der Waals surface area (Å²) in [4.78, 5) is 26.1. The number of nitrogens with one attached hydrogen (secondary N) is 4. The molecule has 0 saturated carbocycles. The summed E-state index contributed by atoms with van der Waals surface area (Å²) in [5.74, 6) is -2.87. The molecule has 2 aromatic rings. The van der Waals surface area contributed by atoms with Crippen molar-refractivity contribution in [1.29, 1.82) is 5.41 Å². The summed E-state index contributed by atoms with van der Waals surface area (Å²) in [5, 5.41) is 16.7. The number of urea groups is 1. The number of halogens is 4. The fourth-order valence-electron chi connectivity index (χ4n) is 4.45. The van der Waals surface area contributed by atoms with E-state index in [1.807, 2.05) is 0 Å². The Kier molecular flexibility index (Phi) is 7.63. The molecule has 2 atom stereocenters. The Morgan fingerprint density at radius 1 is 1.19 bits per heavy atom. The van der Waals surface area contributed by atoms with Crippen molar-refractivity contribution in [3.63, 3.8) is 0 Å². The molecule has 2 saturated heterocycles. The van der Waals surface area contributed by atoms with Gasteiger partial charge in [-0.15, -0.1) is 0 Å². The first-order valence-corrected chi connectivity index (χ1v) is 11.9. The Morgan fingerprint density at radius 3 is 2.49 bits per heavy atom. The zero-order valence-electron chi connectivity index (χ0n) is 20.1. The van der Waals surface area contributed by atoms with Crippen molar-refractivity contribution in [2.75, 3.05) is 26.7 Å². The lowest BCUT2D eigenvalue weighted by Crippen LogP contribution is -2.48. The fraction of sp³-hybridized carbons (Fsp3) is 0.320. The summed E-state index contributed by atoms with van der Waals surface area (Å²) in [6.07, 6.45) is 0.216. The third kappa shape index (κ3) is 5.51. The number of ether oxygens (including phenoxy) is 1. The highest BCUT2D eigenvalue weighted by Gasteiger charge is 2.34. The number of carbonyl (C=O) groups is 2. The molecule has 2 aromatic carbocycles. The first kappa shape index (κ1) is 26.3. The second-order valence-electron chi connectivity index (χ2n) is 8.73. The number of nitrogens with zero attached hydrogens (tertiary/aromatic N) is 1. The monoisotopic (exact) mass is 535 g/mol. The maximum absolute atomic E-state index is 14.4. The van der Waals surface area contributed by atoms with Gasteiger partial charge in [0.15, 0.2) is 0 Å². The smallest absolute Gasteiger partial charge is 0.315 e. The summed E-state index contributed by atoms with van der Waals surface area (Å²) in [6, 6.07) is 3.74. The van der Waals surface area contributed by atoms with E-state index in [4.69, 9.17) is 21.7 Å². The number of likely N-dealkylation sites (tertiary alicyclic amines) is 1. The number of hydrogen-bond acceptors (Lipinski definition) is 5. The topological polar surface area (TPSA) is 107 Å². The van der Waals surface area contributed by atoms with Crippen LogP contribution in [0.2, 0.25) is 5.02 Å². The van der Waals surface area contributed by atoms with E-state index < -0.39 is 29.4 Å². The molecule has 3 amide bonds. The van der Waals surface area contributed by atoms with Gasteiger partial charge in [0.25, 0.3) is 5.91 Å². The van der Waals surface area contributed by atoms with Gasteiger partial charge in [0, 0.05) is 49.1 Å². The minimum Gasteiger partial charge on any atom is -0.490 e. The molecule has 0 radical (unpaired) electrons. The van der Waals surface area contributed by atoms with Gasteiger partial charge in [-0.05, 0) is 31.5 Å². The molecule has 4 N–H and O–H groups in total. The summed E-state index contributed by atoms with van der Waals surface area (Å²) >= 11 is 6.42. The molecule has 2 heterocycles. The van der Waals surface area contributed by atoms with Crippen LogP contribution in [0.1, 0.15) is 29.3 Å². The Morgan fingerprint density at radius 2 is 1.86 bits per heavy atom. The molecule has 37 heavy (non-hydrogen) atoms. The highest BCUT2D eigenvalue weighted by Crippen LogP contribution is 2.33. The Hall–Kier alpha value is -3.73. The molecule has 0 bridgehead atoms. The number of hydrogen-bond donors (Lipinski definition) is 4. The Labute approximate surface area is 216 Å². The van der Waals surface area contributed by atoms with Crippen LogP contribution in [0.15, 0.2) is 35.9 Å². The van der Waals surface area contributed by atoms with E-state index in [1.165, 1.54) is 17.0 Å². The molecular formula is C25H25ClF3N5O3. The van der Waals surface area contributed by atoms with Gasteiger partial charge in [-0.2, -0.15) is 0 Å². The van der Waals surface area contributed by atoms with Gasteiger partial charge in [-0.1, -0.05) is 11.6 Å². The van der Waals surface area contributed by atoms with Crippen LogP contribution in [0.3, 0.4) is 0 Å². The molecule has 2 aliphatic heterocycles. The lowest BCUT2D eigenvalue weighted by Gasteiger charge is -2.36. The fourth-order valence-corrected chi connectivity index (χ4v) is 4.69. The van der Waals surface area contributed by atoms with E-state index >= 15 is 0 Å². The van der Waals surface area contributed by atoms with Crippen molar-refractivity contribution in [2.24, 2.45) is 0 Å². The first-order chi connectivity index (χ1) is 17.6. The van der Waals surface area contributed by atoms with Crippen molar-refractivity contribution in [1.82, 2.24) is 20.9 Å². The Bertz CT molecular complexity index is 1280. The van der Waals surface area contributed by atoms with Crippen molar-refractivity contribution in [3.05, 3.63) is 69.5 Å². The number of carbonyl (C=O) groups excluding carboxylic acids is 2. The van der Waals surface area contributed by atoms with Crippen molar-refractivity contribution < 1.29 is 27.5 Å². The average Bonchev–Trinajstić information content (AvgIpc) is 3.26. The van der Waals surface area contributed by atoms with Gasteiger partial charge in [0.05, 0.1) is 28.4 Å². The van der Waals surface area contributed by atoms with Crippen LogP contribution in [0.5, 0.6) is 5.75 Å². The van der Waals surface area contributed by atoms with E-state index in [0.29, 0.717) is 17.8 Å². The van der Waals surface area contributed by atoms with Gasteiger partial charge in [0.2, 0.25) is 0 Å². The predicted octanol–water partition coefficient (Wildman–Crippen LogP) is 3.70. The van der Waals surface area contributed by atoms with Crippen LogP contribution >= 0.6 is 11.6 Å². The van der Waals surface area contributed by atoms with E-state index in [1.54, 1.807) is 14.0 Å². The van der Waals surface area contributed by atoms with Crippen LogP contribution in [0.25, 0.3) is 5.70 Å². The highest BCUT2D eigenvalue weighted by molar-refractivity contribution is 6.35. The second-order valence-corrected chi connectivity index (χ2v) is 9.11. The first-order valence-electron chi connectivity index (χ1n) is 11.5. The molecule has 2 fully saturated rings. The highest BCUT2D eigenvalue weighted by atomic mass is 35.5. The SMILES string of the molecule is CN/C(=C1/CCN(C(=O)c2cc(F)cc(OC[C@H]3CNC(=O)N3)c2Cl)[C@@H](C)C1=N)c1cc(F)cc(F)c1. The molecule has 2 aliphatic rings. The van der Waals surface area contributed by atoms with Crippen LogP contribution in [-0.4, -0.2) is 61.4 Å². The summed E-state index contributed by atoms with van der Waals surface area (Å²) in [6.45, 7) is 2.14. The van der Waals surface area contributed by atoms with E-state index in [-0.39, 0.29) is 59.3 Å². The van der Waals surface area contributed by atoms with Crippen LogP contribution in [-0.2, 0) is 0 Å². The molecule has 0 aliphatic carbocycles. The third-order valence-electron chi connectivity index (χ3n) is 6.30. The predicted molar refractivity (Wildman–Crippen MR) is 132 cm³/mol. The van der Waals surface area contributed by atoms with E-state index in [0.717, 1.165) is 18.2 Å². The number of rotatable bonds is 6. The third-order valence-corrected chi connectivity index (χ3v) is 6.69. The minimum atomic E-state index is -0.749. The van der Waals surface area contributed by atoms with Crippen molar-refractivity contribution in [2.45, 2.75) is 25.4 Å². The Balaban J connectivity index is 1.57. The molecule has 8 nitrogen and oxygen atoms in total. The maximum atomic E-state index is 14.4. The molecular weight excluding hydrogens is 511 g/mol. The van der Waals surface area contributed by atoms with Crippen molar-refractivity contribution >= 4 is 34.9 Å². The lowest BCUT2D eigenvalue weighted by molar-refractivity contribution is 0.0727. The van der Waals surface area contributed by atoms with Gasteiger partial charge >= 0.3 is 6.03 Å². The minimum absolute atomic E-state index is 0.0158. The number of amides is 3. The lowest BCUT2D eigenvalue weighted by atomic mass is 9.90. The zero-order chi connectivity index (χ0) is 26.9. The number of piperidine rings is 1. The average molecular weight is 536 g/mol. The summed E-state index contributed by atoms with van der Waals surface area (Å²) in [7, 11) is 1.59. The van der Waals surface area contributed by atoms with Crippen LogP contribution in [0.4, 0.5) is 18.0 Å². The molecule has 4 rings (SSSR count). The second kappa shape index (κ2) is 10.7. The normalized spacial score (nSPS) is 20.9. The van der Waals surface area contributed by atoms with Gasteiger partial charge in [0.1, 0.15) is 29.8 Å². The van der Waals surface area contributed by atoms with E-state index in [2.05, 4.69) is 16.0 Å². The van der Waals surface area contributed by atoms with Crippen LogP contribution in [0, 0.1) is 22.9 Å². The summed E-state index contributed by atoms with van der Waals surface area (Å²) in [5.41, 5.74) is 1.08. The van der Waals surface area contributed by atoms with Gasteiger partial charge in [-0.3, -0.25) is 4.79 Å². The molecule has 196 valence electrons. The largest absolute Gasteiger partial charge is 0.490 e. The van der Waals surface area contributed by atoms with E-state index in [9.17, 15) is 22.8 Å². The molecule has 0 spiro atoms. The molecule has 0 unspecified atom stereocenters. The maximum Gasteiger partial charge on any atom is 0.315 e. The van der Waals surface area contributed by atoms with Crippen molar-refractivity contribution in [3.8, 4) is 5.75 Å². The summed E-state index contributed by atoms with van der Waals surface area (Å²) < 4.78 is 47.6. The number of benzene rings is 2. The van der Waals surface area contributed by atoms with Gasteiger partial charge in [-0.25, -0.2) is 18.0 Å². The molecule has 12 heteroatoms. The van der Waals surface area contributed by atoms with Gasteiger partial charge < -0.3 is 31.0 Å². The zero-order valence-corrected chi connectivity index (χ0v) is 20.8. The quantitative estimate of drug-likeness (QED) is 0.452. The standard InChI is InChI=1S/C25H25ClF3N5O3/c1-12-22(30)18(23(31-2)13-5-14(27)7-15(28)6-13)3-4-34(12)24(35)19-8-16(29)9-20(21(19)26)37-11-17-10-32-25(36)33-17/h5-9,12,17,30-31H,3-4,10-11H2,1-2H3,(H2,32,33,36)/b23-18-,30-22?/t12-,17+/m0/s1. The molecule has 0 aromatic heterocycles. The van der Waals surface area contributed by atoms with Crippen LogP contribution < -0.4 is 20.7 Å².